The van der Waals surface area contributed by atoms with Gasteiger partial charge >= 0.3 is 0 Å². The molecule has 5 heteroatoms. The van der Waals surface area contributed by atoms with Crippen molar-refractivity contribution in [2.24, 2.45) is 0 Å². The standard InChI is InChI=1S/C16H11Cl2NO2/c17-10-5-6-11(13(18)9-10)16(21)19-8-7-15(20)12-3-1-2-4-14(12)19/h1-6,9H,7-8H2. The Bertz CT molecular complexity index is 743. The van der Waals surface area contributed by atoms with Crippen LogP contribution in [0.3, 0.4) is 0 Å². The van der Waals surface area contributed by atoms with Crippen LogP contribution in [0.25, 0.3) is 0 Å². The van der Waals surface area contributed by atoms with Crippen LogP contribution in [0.5, 0.6) is 0 Å². The number of para-hydroxylation sites is 1. The lowest BCUT2D eigenvalue weighted by atomic mass is 9.99. The molecular formula is C16H11Cl2NO2. The largest absolute Gasteiger partial charge is 0.307 e. The predicted molar refractivity (Wildman–Crippen MR) is 83.5 cm³/mol. The van der Waals surface area contributed by atoms with Crippen LogP contribution in [-0.2, 0) is 0 Å². The van der Waals surface area contributed by atoms with E-state index in [2.05, 4.69) is 0 Å². The molecule has 0 bridgehead atoms. The topological polar surface area (TPSA) is 37.4 Å². The van der Waals surface area contributed by atoms with Crippen molar-refractivity contribution in [3.8, 4) is 0 Å². The van der Waals surface area contributed by atoms with Crippen LogP contribution < -0.4 is 4.90 Å². The van der Waals surface area contributed by atoms with Gasteiger partial charge in [-0.25, -0.2) is 0 Å². The van der Waals surface area contributed by atoms with E-state index in [1.807, 2.05) is 0 Å². The normalized spacial score (nSPS) is 14.0. The predicted octanol–water partition coefficient (Wildman–Crippen LogP) is 4.23. The molecule has 1 aliphatic heterocycles. The molecule has 1 amide bonds. The summed E-state index contributed by atoms with van der Waals surface area (Å²) in [6, 6.07) is 11.9. The number of halogens is 2. The van der Waals surface area contributed by atoms with Gasteiger partial charge < -0.3 is 4.90 Å². The number of anilines is 1. The Hall–Kier alpha value is -1.84. The van der Waals surface area contributed by atoms with Crippen LogP contribution in [-0.4, -0.2) is 18.2 Å². The summed E-state index contributed by atoms with van der Waals surface area (Å²) in [4.78, 5) is 26.2. The molecule has 0 unspecified atom stereocenters. The maximum Gasteiger partial charge on any atom is 0.259 e. The van der Waals surface area contributed by atoms with Gasteiger partial charge in [0.2, 0.25) is 0 Å². The first-order valence-electron chi connectivity index (χ1n) is 6.47. The van der Waals surface area contributed by atoms with E-state index in [0.717, 1.165) is 0 Å². The van der Waals surface area contributed by atoms with Crippen molar-refractivity contribution >= 4 is 40.6 Å². The Kier molecular flexibility index (Phi) is 3.70. The minimum atomic E-state index is -0.225. The highest BCUT2D eigenvalue weighted by molar-refractivity contribution is 6.37. The van der Waals surface area contributed by atoms with Crippen molar-refractivity contribution in [3.05, 3.63) is 63.6 Å². The highest BCUT2D eigenvalue weighted by Gasteiger charge is 2.28. The molecule has 0 saturated heterocycles. The van der Waals surface area contributed by atoms with E-state index in [1.54, 1.807) is 41.3 Å². The van der Waals surface area contributed by atoms with Gasteiger partial charge in [0.25, 0.3) is 5.91 Å². The second-order valence-corrected chi connectivity index (χ2v) is 5.61. The molecule has 21 heavy (non-hydrogen) atoms. The Balaban J connectivity index is 2.03. The fourth-order valence-electron chi connectivity index (χ4n) is 2.43. The van der Waals surface area contributed by atoms with E-state index in [9.17, 15) is 9.59 Å². The zero-order valence-corrected chi connectivity index (χ0v) is 12.5. The Labute approximate surface area is 132 Å². The third-order valence-electron chi connectivity index (χ3n) is 3.46. The summed E-state index contributed by atoms with van der Waals surface area (Å²) in [5.74, 6) is -0.173. The first kappa shape index (κ1) is 14.1. The molecule has 0 spiro atoms. The zero-order chi connectivity index (χ0) is 15.0. The average Bonchev–Trinajstić information content (AvgIpc) is 2.47. The molecule has 0 saturated carbocycles. The van der Waals surface area contributed by atoms with Crippen molar-refractivity contribution in [1.82, 2.24) is 0 Å². The summed E-state index contributed by atoms with van der Waals surface area (Å²) in [5.41, 5.74) is 1.58. The number of hydrogen-bond donors (Lipinski definition) is 0. The first-order valence-corrected chi connectivity index (χ1v) is 7.22. The van der Waals surface area contributed by atoms with Crippen molar-refractivity contribution in [2.75, 3.05) is 11.4 Å². The van der Waals surface area contributed by atoms with E-state index in [-0.39, 0.29) is 11.7 Å². The highest BCUT2D eigenvalue weighted by Crippen LogP contribution is 2.30. The zero-order valence-electron chi connectivity index (χ0n) is 11.0. The van der Waals surface area contributed by atoms with Crippen molar-refractivity contribution in [1.29, 1.82) is 0 Å². The maximum atomic E-state index is 12.7. The van der Waals surface area contributed by atoms with Crippen LogP contribution >= 0.6 is 23.2 Å². The second-order valence-electron chi connectivity index (χ2n) is 4.77. The van der Waals surface area contributed by atoms with Gasteiger partial charge in [-0.2, -0.15) is 0 Å². The molecule has 3 nitrogen and oxygen atoms in total. The molecule has 0 atom stereocenters. The maximum absolute atomic E-state index is 12.7. The molecular weight excluding hydrogens is 309 g/mol. The minimum Gasteiger partial charge on any atom is -0.307 e. The summed E-state index contributed by atoms with van der Waals surface area (Å²) in [6.45, 7) is 0.355. The number of hydrogen-bond acceptors (Lipinski definition) is 2. The van der Waals surface area contributed by atoms with Crippen LogP contribution in [0.1, 0.15) is 27.1 Å². The van der Waals surface area contributed by atoms with E-state index in [4.69, 9.17) is 23.2 Å². The molecule has 0 aliphatic carbocycles. The highest BCUT2D eigenvalue weighted by atomic mass is 35.5. The number of benzene rings is 2. The van der Waals surface area contributed by atoms with Gasteiger partial charge in [0, 0.05) is 23.6 Å². The summed E-state index contributed by atoms with van der Waals surface area (Å²) in [5, 5.41) is 0.785. The number of nitrogens with zero attached hydrogens (tertiary/aromatic N) is 1. The van der Waals surface area contributed by atoms with Gasteiger partial charge in [0.05, 0.1) is 16.3 Å². The first-order chi connectivity index (χ1) is 10.1. The van der Waals surface area contributed by atoms with Crippen LogP contribution in [0, 0.1) is 0 Å². The molecule has 3 rings (SSSR count). The third kappa shape index (κ3) is 2.55. The minimum absolute atomic E-state index is 0.0526. The quantitative estimate of drug-likeness (QED) is 0.789. The van der Waals surface area contributed by atoms with Crippen LogP contribution in [0.2, 0.25) is 10.0 Å². The molecule has 2 aromatic carbocycles. The Morgan fingerprint density at radius 2 is 1.86 bits per heavy atom. The molecule has 0 fully saturated rings. The SMILES string of the molecule is O=C1CCN(C(=O)c2ccc(Cl)cc2Cl)c2ccccc21. The van der Waals surface area contributed by atoms with Crippen LogP contribution in [0.15, 0.2) is 42.5 Å². The average molecular weight is 320 g/mol. The van der Waals surface area contributed by atoms with Crippen LogP contribution in [0.4, 0.5) is 5.69 Å². The van der Waals surface area contributed by atoms with E-state index < -0.39 is 0 Å². The van der Waals surface area contributed by atoms with Gasteiger partial charge in [-0.15, -0.1) is 0 Å². The smallest absolute Gasteiger partial charge is 0.259 e. The monoisotopic (exact) mass is 319 g/mol. The van der Waals surface area contributed by atoms with Crippen molar-refractivity contribution in [2.45, 2.75) is 6.42 Å². The number of Topliss-reactive ketones (excluding diaryl/α,β-unsaturated/α-hetero) is 1. The second kappa shape index (κ2) is 5.51. The summed E-state index contributed by atoms with van der Waals surface area (Å²) in [6.07, 6.45) is 0.313. The number of rotatable bonds is 1. The van der Waals surface area contributed by atoms with Gasteiger partial charge in [0.15, 0.2) is 5.78 Å². The van der Waals surface area contributed by atoms with Gasteiger partial charge in [-0.05, 0) is 30.3 Å². The number of carbonyl (C=O) groups excluding carboxylic acids is 2. The molecule has 1 aliphatic rings. The summed E-state index contributed by atoms with van der Waals surface area (Å²) in [7, 11) is 0. The lowest BCUT2D eigenvalue weighted by Gasteiger charge is -2.29. The number of carbonyl (C=O) groups is 2. The van der Waals surface area contributed by atoms with Gasteiger partial charge in [-0.3, -0.25) is 9.59 Å². The number of fused-ring (bicyclic) bond motifs is 1. The lowest BCUT2D eigenvalue weighted by Crippen LogP contribution is -2.37. The fourth-order valence-corrected chi connectivity index (χ4v) is 2.92. The summed E-state index contributed by atoms with van der Waals surface area (Å²) < 4.78 is 0. The Morgan fingerprint density at radius 1 is 1.10 bits per heavy atom. The van der Waals surface area contributed by atoms with Gasteiger partial charge in [-0.1, -0.05) is 35.3 Å². The van der Waals surface area contributed by atoms with Gasteiger partial charge in [0.1, 0.15) is 0 Å². The number of amides is 1. The molecule has 1 heterocycles. The lowest BCUT2D eigenvalue weighted by molar-refractivity contribution is 0.0955. The van der Waals surface area contributed by atoms with Crippen molar-refractivity contribution in [3.63, 3.8) is 0 Å². The number of ketones is 1. The molecule has 0 N–H and O–H groups in total. The summed E-state index contributed by atoms with van der Waals surface area (Å²) >= 11 is 12.0. The molecule has 0 radical (unpaired) electrons. The molecule has 0 aromatic heterocycles. The van der Waals surface area contributed by atoms with E-state index in [1.165, 1.54) is 6.07 Å². The fraction of sp³-hybridized carbons (Fsp3) is 0.125. The molecule has 2 aromatic rings. The molecule has 106 valence electrons. The third-order valence-corrected chi connectivity index (χ3v) is 4.01. The van der Waals surface area contributed by atoms with E-state index in [0.29, 0.717) is 39.8 Å². The van der Waals surface area contributed by atoms with Crippen molar-refractivity contribution < 1.29 is 9.59 Å². The Morgan fingerprint density at radius 3 is 2.62 bits per heavy atom. The van der Waals surface area contributed by atoms with E-state index >= 15 is 0 Å².